The molecule has 0 unspecified atom stereocenters. The van der Waals surface area contributed by atoms with Gasteiger partial charge in [0, 0.05) is 35.3 Å². The number of halogens is 3. The van der Waals surface area contributed by atoms with Crippen molar-refractivity contribution in [2.24, 2.45) is 0 Å². The SMILES string of the molecule is CC(C)NC(=O)c1ccc(F)c(-c2ccc(NCC3(c4ncccc4F)CC(F)C3)nn2)c1. The molecule has 0 atom stereocenters. The fourth-order valence-corrected chi connectivity index (χ4v) is 4.02. The molecule has 2 heterocycles. The second kappa shape index (κ2) is 9.17. The minimum atomic E-state index is -1.01. The van der Waals surface area contributed by atoms with Gasteiger partial charge in [-0.15, -0.1) is 10.2 Å². The van der Waals surface area contributed by atoms with Gasteiger partial charge in [-0.3, -0.25) is 9.78 Å². The first-order valence-electron chi connectivity index (χ1n) is 10.7. The van der Waals surface area contributed by atoms with Gasteiger partial charge in [-0.05, 0) is 69.2 Å². The maximum atomic E-state index is 14.4. The summed E-state index contributed by atoms with van der Waals surface area (Å²) in [5.41, 5.74) is 0.186. The highest BCUT2D eigenvalue weighted by Gasteiger charge is 2.48. The number of benzene rings is 1. The van der Waals surface area contributed by atoms with Crippen LogP contribution in [0.4, 0.5) is 19.0 Å². The number of carbonyl (C=O) groups excluding carboxylic acids is 1. The van der Waals surface area contributed by atoms with Crippen LogP contribution in [0, 0.1) is 11.6 Å². The third-order valence-corrected chi connectivity index (χ3v) is 5.68. The standard InChI is InChI=1S/C24H24F3N5O/c1-14(2)30-23(33)15-5-6-18(26)17(10-15)20-7-8-21(32-31-20)29-13-24(11-16(25)12-24)22-19(27)4-3-9-28-22/h3-10,14,16H,11-13H2,1-2H3,(H,29,32)(H,30,33). The normalized spacial score (nSPS) is 19.8. The minimum absolute atomic E-state index is 0.0534. The number of amides is 1. The first-order valence-corrected chi connectivity index (χ1v) is 10.7. The molecule has 172 valence electrons. The van der Waals surface area contributed by atoms with Gasteiger partial charge in [0.1, 0.15) is 23.6 Å². The lowest BCUT2D eigenvalue weighted by molar-refractivity contribution is 0.0942. The molecule has 1 aliphatic rings. The summed E-state index contributed by atoms with van der Waals surface area (Å²) in [5, 5.41) is 14.0. The molecule has 0 spiro atoms. The molecule has 6 nitrogen and oxygen atoms in total. The predicted octanol–water partition coefficient (Wildman–Crippen LogP) is 4.44. The minimum Gasteiger partial charge on any atom is -0.368 e. The molecular formula is C24H24F3N5O. The number of pyridine rings is 1. The van der Waals surface area contributed by atoms with E-state index in [0.717, 1.165) is 0 Å². The number of carbonyl (C=O) groups is 1. The quantitative estimate of drug-likeness (QED) is 0.551. The highest BCUT2D eigenvalue weighted by atomic mass is 19.1. The largest absolute Gasteiger partial charge is 0.368 e. The van der Waals surface area contributed by atoms with Crippen molar-refractivity contribution in [2.45, 2.75) is 44.3 Å². The van der Waals surface area contributed by atoms with Crippen LogP contribution in [-0.4, -0.2) is 39.8 Å². The van der Waals surface area contributed by atoms with Crippen LogP contribution in [0.2, 0.25) is 0 Å². The number of anilines is 1. The summed E-state index contributed by atoms with van der Waals surface area (Å²) >= 11 is 0. The molecular weight excluding hydrogens is 431 g/mol. The van der Waals surface area contributed by atoms with Crippen molar-refractivity contribution < 1.29 is 18.0 Å². The third-order valence-electron chi connectivity index (χ3n) is 5.68. The first-order chi connectivity index (χ1) is 15.8. The smallest absolute Gasteiger partial charge is 0.251 e. The lowest BCUT2D eigenvalue weighted by Gasteiger charge is -2.44. The van der Waals surface area contributed by atoms with Gasteiger partial charge in [0.15, 0.2) is 0 Å². The fourth-order valence-electron chi connectivity index (χ4n) is 4.02. The third kappa shape index (κ3) is 4.81. The zero-order valence-corrected chi connectivity index (χ0v) is 18.3. The van der Waals surface area contributed by atoms with Gasteiger partial charge in [-0.25, -0.2) is 13.2 Å². The molecule has 1 amide bonds. The van der Waals surface area contributed by atoms with Crippen LogP contribution in [-0.2, 0) is 5.41 Å². The fraction of sp³-hybridized carbons (Fsp3) is 0.333. The van der Waals surface area contributed by atoms with E-state index in [-0.39, 0.29) is 48.3 Å². The summed E-state index contributed by atoms with van der Waals surface area (Å²) in [5.74, 6) is -0.925. The lowest BCUT2D eigenvalue weighted by atomic mass is 9.65. The molecule has 3 aromatic rings. The van der Waals surface area contributed by atoms with Crippen LogP contribution in [0.15, 0.2) is 48.7 Å². The van der Waals surface area contributed by atoms with Crippen molar-refractivity contribution in [3.8, 4) is 11.3 Å². The van der Waals surface area contributed by atoms with E-state index in [1.807, 2.05) is 13.8 Å². The molecule has 1 fully saturated rings. The Bertz CT molecular complexity index is 1150. The van der Waals surface area contributed by atoms with Gasteiger partial charge < -0.3 is 10.6 Å². The molecule has 0 saturated heterocycles. The Morgan fingerprint density at radius 1 is 1.12 bits per heavy atom. The molecule has 1 saturated carbocycles. The van der Waals surface area contributed by atoms with Crippen molar-refractivity contribution in [1.29, 1.82) is 0 Å². The number of nitrogens with zero attached hydrogens (tertiary/aromatic N) is 3. The zero-order chi connectivity index (χ0) is 23.6. The molecule has 33 heavy (non-hydrogen) atoms. The van der Waals surface area contributed by atoms with Crippen molar-refractivity contribution >= 4 is 11.7 Å². The Morgan fingerprint density at radius 3 is 2.55 bits per heavy atom. The Balaban J connectivity index is 1.50. The molecule has 9 heteroatoms. The van der Waals surface area contributed by atoms with Crippen molar-refractivity contribution in [3.05, 3.63) is 71.6 Å². The van der Waals surface area contributed by atoms with E-state index in [9.17, 15) is 18.0 Å². The van der Waals surface area contributed by atoms with Gasteiger partial charge in [0.05, 0.1) is 11.4 Å². The summed E-state index contributed by atoms with van der Waals surface area (Å²) in [6, 6.07) is 9.99. The van der Waals surface area contributed by atoms with Crippen molar-refractivity contribution in [2.75, 3.05) is 11.9 Å². The van der Waals surface area contributed by atoms with E-state index in [0.29, 0.717) is 11.4 Å². The van der Waals surface area contributed by atoms with E-state index >= 15 is 0 Å². The van der Waals surface area contributed by atoms with E-state index in [2.05, 4.69) is 25.8 Å². The topological polar surface area (TPSA) is 79.8 Å². The van der Waals surface area contributed by atoms with Gasteiger partial charge >= 0.3 is 0 Å². The van der Waals surface area contributed by atoms with Crippen LogP contribution in [0.3, 0.4) is 0 Å². The Labute approximate surface area is 189 Å². The molecule has 4 rings (SSSR count). The molecule has 2 aromatic heterocycles. The summed E-state index contributed by atoms with van der Waals surface area (Å²) < 4.78 is 42.4. The van der Waals surface area contributed by atoms with Crippen LogP contribution in [0.5, 0.6) is 0 Å². The Hall–Kier alpha value is -3.49. The van der Waals surface area contributed by atoms with Crippen LogP contribution >= 0.6 is 0 Å². The zero-order valence-electron chi connectivity index (χ0n) is 18.3. The summed E-state index contributed by atoms with van der Waals surface area (Å²) in [6.45, 7) is 3.90. The molecule has 1 aliphatic carbocycles. The van der Waals surface area contributed by atoms with Gasteiger partial charge in [0.2, 0.25) is 0 Å². The number of aromatic nitrogens is 3. The number of rotatable bonds is 7. The van der Waals surface area contributed by atoms with Crippen molar-refractivity contribution in [1.82, 2.24) is 20.5 Å². The monoisotopic (exact) mass is 455 g/mol. The van der Waals surface area contributed by atoms with Crippen LogP contribution in [0.25, 0.3) is 11.3 Å². The van der Waals surface area contributed by atoms with Crippen molar-refractivity contribution in [3.63, 3.8) is 0 Å². The van der Waals surface area contributed by atoms with Crippen LogP contribution in [0.1, 0.15) is 42.7 Å². The first kappa shape index (κ1) is 22.7. The van der Waals surface area contributed by atoms with E-state index < -0.39 is 23.2 Å². The number of nitrogens with one attached hydrogen (secondary N) is 2. The maximum Gasteiger partial charge on any atom is 0.251 e. The summed E-state index contributed by atoms with van der Waals surface area (Å²) in [7, 11) is 0. The molecule has 1 aromatic carbocycles. The number of alkyl halides is 1. The number of hydrogen-bond donors (Lipinski definition) is 2. The average molecular weight is 455 g/mol. The summed E-state index contributed by atoms with van der Waals surface area (Å²) in [4.78, 5) is 16.4. The van der Waals surface area contributed by atoms with Gasteiger partial charge in [0.25, 0.3) is 5.91 Å². The maximum absolute atomic E-state index is 14.4. The lowest BCUT2D eigenvalue weighted by Crippen LogP contribution is -2.49. The van der Waals surface area contributed by atoms with E-state index in [1.165, 1.54) is 36.5 Å². The molecule has 2 N–H and O–H groups in total. The second-order valence-electron chi connectivity index (χ2n) is 8.60. The highest BCUT2D eigenvalue weighted by Crippen LogP contribution is 2.45. The van der Waals surface area contributed by atoms with Gasteiger partial charge in [-0.1, -0.05) is 0 Å². The number of hydrogen-bond acceptors (Lipinski definition) is 5. The molecule has 0 radical (unpaired) electrons. The van der Waals surface area contributed by atoms with Gasteiger partial charge in [-0.2, -0.15) is 0 Å². The average Bonchev–Trinajstić information content (AvgIpc) is 2.76. The Morgan fingerprint density at radius 2 is 1.91 bits per heavy atom. The molecule has 0 aliphatic heterocycles. The second-order valence-corrected chi connectivity index (χ2v) is 8.60. The Kier molecular flexibility index (Phi) is 6.31. The molecule has 0 bridgehead atoms. The predicted molar refractivity (Wildman–Crippen MR) is 119 cm³/mol. The van der Waals surface area contributed by atoms with E-state index in [4.69, 9.17) is 0 Å². The highest BCUT2D eigenvalue weighted by molar-refractivity contribution is 5.95. The van der Waals surface area contributed by atoms with Crippen LogP contribution < -0.4 is 10.6 Å². The van der Waals surface area contributed by atoms with E-state index in [1.54, 1.807) is 12.1 Å². The summed E-state index contributed by atoms with van der Waals surface area (Å²) in [6.07, 6.45) is 0.806.